The van der Waals surface area contributed by atoms with Crippen LogP contribution < -0.4 is 4.84 Å². The highest BCUT2D eigenvalue weighted by atomic mass is 35.5. The van der Waals surface area contributed by atoms with E-state index in [0.717, 1.165) is 37.7 Å². The maximum Gasteiger partial charge on any atom is 0.175 e. The standard InChI is InChI=1S/C21H25ClN6O/c1-17-23-25-28(24-17)29-16-15-26-11-13-27(14-12-26)21(18-5-3-2-4-6-18)19-7-9-20(22)10-8-19/h2-10,21H,11-16H2,1H3. The van der Waals surface area contributed by atoms with Crippen LogP contribution in [0.25, 0.3) is 0 Å². The molecule has 0 radical (unpaired) electrons. The third-order valence-corrected chi connectivity index (χ3v) is 5.44. The Bertz CT molecular complexity index is 893. The molecule has 1 aliphatic heterocycles. The van der Waals surface area contributed by atoms with Gasteiger partial charge in [0.05, 0.1) is 6.04 Å². The van der Waals surface area contributed by atoms with Crippen LogP contribution in [0.5, 0.6) is 0 Å². The number of rotatable bonds is 7. The van der Waals surface area contributed by atoms with E-state index in [2.05, 4.69) is 67.7 Å². The van der Waals surface area contributed by atoms with Crippen molar-refractivity contribution in [3.63, 3.8) is 0 Å². The Morgan fingerprint density at radius 3 is 2.31 bits per heavy atom. The first-order valence-corrected chi connectivity index (χ1v) is 10.2. The topological polar surface area (TPSA) is 59.3 Å². The van der Waals surface area contributed by atoms with Gasteiger partial charge in [0.1, 0.15) is 6.61 Å². The highest BCUT2D eigenvalue weighted by molar-refractivity contribution is 6.30. The largest absolute Gasteiger partial charge is 0.379 e. The first-order valence-electron chi connectivity index (χ1n) is 9.86. The SMILES string of the molecule is Cc1nnn(OCCN2CCN(C(c3ccccc3)c3ccc(Cl)cc3)CC2)n1. The van der Waals surface area contributed by atoms with Gasteiger partial charge in [0, 0.05) is 42.7 Å². The first-order chi connectivity index (χ1) is 14.2. The summed E-state index contributed by atoms with van der Waals surface area (Å²) in [6.07, 6.45) is 0. The lowest BCUT2D eigenvalue weighted by Crippen LogP contribution is -2.49. The van der Waals surface area contributed by atoms with E-state index in [1.807, 2.05) is 12.1 Å². The van der Waals surface area contributed by atoms with Crippen LogP contribution in [0.1, 0.15) is 23.0 Å². The summed E-state index contributed by atoms with van der Waals surface area (Å²) in [4.78, 5) is 11.7. The van der Waals surface area contributed by atoms with Crippen LogP contribution >= 0.6 is 11.6 Å². The van der Waals surface area contributed by atoms with Crippen LogP contribution in [-0.2, 0) is 0 Å². The average molecular weight is 413 g/mol. The molecule has 1 fully saturated rings. The van der Waals surface area contributed by atoms with Gasteiger partial charge in [-0.3, -0.25) is 9.80 Å². The van der Waals surface area contributed by atoms with E-state index in [9.17, 15) is 0 Å². The molecule has 4 rings (SSSR count). The van der Waals surface area contributed by atoms with Crippen molar-refractivity contribution in [2.75, 3.05) is 39.3 Å². The summed E-state index contributed by atoms with van der Waals surface area (Å²) in [5.74, 6) is 0.604. The number of aromatic nitrogens is 4. The monoisotopic (exact) mass is 412 g/mol. The minimum absolute atomic E-state index is 0.231. The molecule has 0 aliphatic carbocycles. The zero-order chi connectivity index (χ0) is 20.1. The molecule has 0 amide bonds. The summed E-state index contributed by atoms with van der Waals surface area (Å²) in [5.41, 5.74) is 2.57. The molecule has 2 aromatic carbocycles. The van der Waals surface area contributed by atoms with Crippen molar-refractivity contribution in [2.45, 2.75) is 13.0 Å². The molecule has 7 nitrogen and oxygen atoms in total. The van der Waals surface area contributed by atoms with E-state index >= 15 is 0 Å². The molecule has 1 aromatic heterocycles. The number of nitrogens with zero attached hydrogens (tertiary/aromatic N) is 6. The fraction of sp³-hybridized carbons (Fsp3) is 0.381. The van der Waals surface area contributed by atoms with E-state index in [1.165, 1.54) is 16.1 Å². The third kappa shape index (κ3) is 5.12. The van der Waals surface area contributed by atoms with Crippen LogP contribution in [-0.4, -0.2) is 69.5 Å². The second-order valence-corrected chi connectivity index (χ2v) is 7.60. The van der Waals surface area contributed by atoms with Crippen molar-refractivity contribution in [1.82, 2.24) is 30.2 Å². The Morgan fingerprint density at radius 1 is 0.966 bits per heavy atom. The zero-order valence-corrected chi connectivity index (χ0v) is 17.2. The molecule has 0 N–H and O–H groups in total. The quantitative estimate of drug-likeness (QED) is 0.594. The molecular weight excluding hydrogens is 388 g/mol. The van der Waals surface area contributed by atoms with Crippen molar-refractivity contribution in [3.05, 3.63) is 76.6 Å². The second kappa shape index (κ2) is 9.35. The van der Waals surface area contributed by atoms with E-state index in [4.69, 9.17) is 16.4 Å². The first kappa shape index (κ1) is 19.8. The molecule has 1 atom stereocenters. The van der Waals surface area contributed by atoms with Gasteiger partial charge in [-0.15, -0.1) is 5.10 Å². The minimum Gasteiger partial charge on any atom is -0.379 e. The van der Waals surface area contributed by atoms with Gasteiger partial charge < -0.3 is 4.84 Å². The molecule has 0 spiro atoms. The van der Waals surface area contributed by atoms with Crippen LogP contribution in [0.3, 0.4) is 0 Å². The maximum atomic E-state index is 6.11. The summed E-state index contributed by atoms with van der Waals surface area (Å²) < 4.78 is 0. The predicted octanol–water partition coefficient (Wildman–Crippen LogP) is 2.47. The normalized spacial score (nSPS) is 16.6. The average Bonchev–Trinajstić information content (AvgIpc) is 3.17. The number of halogens is 1. The maximum absolute atomic E-state index is 6.11. The van der Waals surface area contributed by atoms with E-state index in [-0.39, 0.29) is 6.04 Å². The number of tetrazole rings is 1. The molecule has 1 saturated heterocycles. The van der Waals surface area contributed by atoms with Crippen molar-refractivity contribution in [3.8, 4) is 0 Å². The Morgan fingerprint density at radius 2 is 1.66 bits per heavy atom. The van der Waals surface area contributed by atoms with Crippen LogP contribution in [0.4, 0.5) is 0 Å². The molecule has 1 unspecified atom stereocenters. The number of benzene rings is 2. The number of aryl methyl sites for hydroxylation is 1. The lowest BCUT2D eigenvalue weighted by atomic mass is 9.96. The van der Waals surface area contributed by atoms with Gasteiger partial charge in [-0.1, -0.05) is 59.2 Å². The Kier molecular flexibility index (Phi) is 6.39. The second-order valence-electron chi connectivity index (χ2n) is 7.17. The molecular formula is C21H25ClN6O. The van der Waals surface area contributed by atoms with Crippen molar-refractivity contribution in [1.29, 1.82) is 0 Å². The van der Waals surface area contributed by atoms with Gasteiger partial charge in [0.25, 0.3) is 0 Å². The summed E-state index contributed by atoms with van der Waals surface area (Å²) in [6, 6.07) is 19.1. The van der Waals surface area contributed by atoms with Gasteiger partial charge in [0.15, 0.2) is 5.82 Å². The van der Waals surface area contributed by atoms with Gasteiger partial charge in [-0.2, -0.15) is 0 Å². The molecule has 0 saturated carbocycles. The number of hydrogen-bond acceptors (Lipinski definition) is 6. The molecule has 1 aliphatic rings. The number of hydrogen-bond donors (Lipinski definition) is 0. The van der Waals surface area contributed by atoms with Gasteiger partial charge in [-0.25, -0.2) is 0 Å². The molecule has 3 aromatic rings. The lowest BCUT2D eigenvalue weighted by molar-refractivity contribution is 0.0235. The zero-order valence-electron chi connectivity index (χ0n) is 16.5. The van der Waals surface area contributed by atoms with Crippen molar-refractivity contribution in [2.24, 2.45) is 0 Å². The van der Waals surface area contributed by atoms with Crippen LogP contribution in [0.15, 0.2) is 54.6 Å². The Labute approximate surface area is 175 Å². The smallest absolute Gasteiger partial charge is 0.175 e. The molecule has 0 bridgehead atoms. The predicted molar refractivity (Wildman–Crippen MR) is 112 cm³/mol. The summed E-state index contributed by atoms with van der Waals surface area (Å²) >= 11 is 6.11. The van der Waals surface area contributed by atoms with Gasteiger partial charge >= 0.3 is 0 Å². The Hall–Kier alpha value is -2.48. The van der Waals surface area contributed by atoms with Gasteiger partial charge in [0.2, 0.25) is 0 Å². The van der Waals surface area contributed by atoms with Gasteiger partial charge in [-0.05, 0) is 35.4 Å². The number of piperazine rings is 1. The molecule has 2 heterocycles. The van der Waals surface area contributed by atoms with Crippen molar-refractivity contribution < 1.29 is 4.84 Å². The lowest BCUT2D eigenvalue weighted by Gasteiger charge is -2.39. The Balaban J connectivity index is 1.37. The molecule has 29 heavy (non-hydrogen) atoms. The minimum atomic E-state index is 0.231. The summed E-state index contributed by atoms with van der Waals surface area (Å²) in [6.45, 7) is 7.12. The molecule has 152 valence electrons. The fourth-order valence-electron chi connectivity index (χ4n) is 3.71. The van der Waals surface area contributed by atoms with E-state index in [0.29, 0.717) is 12.4 Å². The molecule has 8 heteroatoms. The summed E-state index contributed by atoms with van der Waals surface area (Å²) in [7, 11) is 0. The fourth-order valence-corrected chi connectivity index (χ4v) is 3.84. The summed E-state index contributed by atoms with van der Waals surface area (Å²) in [5, 5.41) is 12.4. The van der Waals surface area contributed by atoms with E-state index < -0.39 is 0 Å². The van der Waals surface area contributed by atoms with Crippen molar-refractivity contribution >= 4 is 11.6 Å². The van der Waals surface area contributed by atoms with E-state index in [1.54, 1.807) is 6.92 Å². The van der Waals surface area contributed by atoms with Crippen LogP contribution in [0, 0.1) is 6.92 Å². The van der Waals surface area contributed by atoms with Crippen LogP contribution in [0.2, 0.25) is 5.02 Å². The highest BCUT2D eigenvalue weighted by Crippen LogP contribution is 2.30. The third-order valence-electron chi connectivity index (χ3n) is 5.18. The highest BCUT2D eigenvalue weighted by Gasteiger charge is 2.26.